The average Bonchev–Trinajstić information content (AvgIpc) is 2.36. The summed E-state index contributed by atoms with van der Waals surface area (Å²) in [6, 6.07) is 7.43. The number of benzene rings is 1. The first-order valence-corrected chi connectivity index (χ1v) is 7.14. The lowest BCUT2D eigenvalue weighted by Gasteiger charge is -2.46. The molecule has 0 bridgehead atoms. The van der Waals surface area contributed by atoms with Gasteiger partial charge in [-0.25, -0.2) is 0 Å². The number of carbonyl (C=O) groups excluding carboxylic acids is 1. The highest BCUT2D eigenvalue weighted by atomic mass is 35.5. The maximum Gasteiger partial charge on any atom is 0.233 e. The Morgan fingerprint density at radius 1 is 1.42 bits per heavy atom. The van der Waals surface area contributed by atoms with Gasteiger partial charge in [0.2, 0.25) is 5.91 Å². The van der Waals surface area contributed by atoms with Crippen LogP contribution < -0.4 is 0 Å². The van der Waals surface area contributed by atoms with Crippen LogP contribution in [0.4, 0.5) is 0 Å². The Morgan fingerprint density at radius 2 is 2.05 bits per heavy atom. The fraction of sp³-hybridized carbons (Fsp3) is 0.533. The third-order valence-electron chi connectivity index (χ3n) is 4.01. The fourth-order valence-electron chi connectivity index (χ4n) is 2.88. The highest BCUT2D eigenvalue weighted by Gasteiger charge is 2.52. The summed E-state index contributed by atoms with van der Waals surface area (Å²) < 4.78 is 0. The van der Waals surface area contributed by atoms with E-state index in [0.717, 1.165) is 5.56 Å². The number of nitrogens with zero attached hydrogens (tertiary/aromatic N) is 1. The molecule has 2 rings (SSSR count). The van der Waals surface area contributed by atoms with Gasteiger partial charge in [0.25, 0.3) is 0 Å². The smallest absolute Gasteiger partial charge is 0.233 e. The van der Waals surface area contributed by atoms with Crippen molar-refractivity contribution in [2.75, 3.05) is 13.1 Å². The summed E-state index contributed by atoms with van der Waals surface area (Å²) in [6.45, 7) is 5.33. The van der Waals surface area contributed by atoms with E-state index in [4.69, 9.17) is 11.6 Å². The molecule has 104 valence electrons. The van der Waals surface area contributed by atoms with Crippen molar-refractivity contribution in [3.8, 4) is 0 Å². The van der Waals surface area contributed by atoms with E-state index in [-0.39, 0.29) is 5.91 Å². The third kappa shape index (κ3) is 2.49. The first-order valence-electron chi connectivity index (χ1n) is 6.77. The fourth-order valence-corrected chi connectivity index (χ4v) is 3.07. The zero-order chi connectivity index (χ0) is 14.0. The molecule has 1 aromatic rings. The van der Waals surface area contributed by atoms with Crippen molar-refractivity contribution in [1.29, 1.82) is 0 Å². The molecule has 0 heterocycles. The molecule has 1 N–H and O–H groups in total. The van der Waals surface area contributed by atoms with Gasteiger partial charge >= 0.3 is 0 Å². The molecule has 1 aliphatic rings. The summed E-state index contributed by atoms with van der Waals surface area (Å²) in [6.07, 6.45) is 0.587. The van der Waals surface area contributed by atoms with Gasteiger partial charge in [0.15, 0.2) is 0 Å². The van der Waals surface area contributed by atoms with E-state index in [0.29, 0.717) is 31.0 Å². The molecule has 1 aromatic carbocycles. The topological polar surface area (TPSA) is 40.5 Å². The van der Waals surface area contributed by atoms with Gasteiger partial charge in [-0.2, -0.15) is 0 Å². The van der Waals surface area contributed by atoms with E-state index in [1.54, 1.807) is 6.07 Å². The van der Waals surface area contributed by atoms with Gasteiger partial charge in [-0.3, -0.25) is 4.79 Å². The van der Waals surface area contributed by atoms with Crippen LogP contribution in [0.2, 0.25) is 5.02 Å². The second kappa shape index (κ2) is 5.51. The van der Waals surface area contributed by atoms with Gasteiger partial charge in [-0.15, -0.1) is 0 Å². The number of carbonyl (C=O) groups is 1. The molecule has 0 atom stereocenters. The maximum absolute atomic E-state index is 12.7. The van der Waals surface area contributed by atoms with Crippen LogP contribution in [-0.2, 0) is 10.2 Å². The summed E-state index contributed by atoms with van der Waals surface area (Å²) in [4.78, 5) is 14.6. The number of hydrogen-bond donors (Lipinski definition) is 1. The van der Waals surface area contributed by atoms with Crippen molar-refractivity contribution in [2.45, 2.75) is 38.2 Å². The Bertz CT molecular complexity index is 465. The summed E-state index contributed by atoms with van der Waals surface area (Å²) in [5, 5.41) is 10.3. The van der Waals surface area contributed by atoms with E-state index >= 15 is 0 Å². The van der Waals surface area contributed by atoms with E-state index in [1.807, 2.05) is 36.9 Å². The van der Waals surface area contributed by atoms with E-state index in [9.17, 15) is 9.90 Å². The minimum Gasteiger partial charge on any atom is -0.393 e. The van der Waals surface area contributed by atoms with Gasteiger partial charge in [0.1, 0.15) is 0 Å². The summed E-state index contributed by atoms with van der Waals surface area (Å²) >= 11 is 6.03. The zero-order valence-electron chi connectivity index (χ0n) is 11.4. The van der Waals surface area contributed by atoms with Crippen LogP contribution in [0.3, 0.4) is 0 Å². The lowest BCUT2D eigenvalue weighted by molar-refractivity contribution is -0.145. The Labute approximate surface area is 119 Å². The van der Waals surface area contributed by atoms with Gasteiger partial charge in [0, 0.05) is 18.1 Å². The molecule has 0 unspecified atom stereocenters. The van der Waals surface area contributed by atoms with Crippen LogP contribution in [0.5, 0.6) is 0 Å². The molecular formula is C15H20ClNO2. The summed E-state index contributed by atoms with van der Waals surface area (Å²) in [7, 11) is 0. The predicted molar refractivity (Wildman–Crippen MR) is 76.3 cm³/mol. The van der Waals surface area contributed by atoms with Crippen molar-refractivity contribution >= 4 is 17.5 Å². The van der Waals surface area contributed by atoms with Gasteiger partial charge in [-0.1, -0.05) is 23.7 Å². The zero-order valence-corrected chi connectivity index (χ0v) is 12.2. The molecule has 3 nitrogen and oxygen atoms in total. The first kappa shape index (κ1) is 14.4. The SMILES string of the molecule is CCN(CC)C(=O)C1(c2cccc(Cl)c2)CC(O)C1. The van der Waals surface area contributed by atoms with Crippen LogP contribution in [0.15, 0.2) is 24.3 Å². The lowest BCUT2D eigenvalue weighted by Crippen LogP contribution is -2.56. The summed E-state index contributed by atoms with van der Waals surface area (Å²) in [5.74, 6) is 0.102. The van der Waals surface area contributed by atoms with Gasteiger partial charge < -0.3 is 10.0 Å². The molecule has 0 saturated heterocycles. The van der Waals surface area contributed by atoms with E-state index in [1.165, 1.54) is 0 Å². The molecule has 0 radical (unpaired) electrons. The Kier molecular flexibility index (Phi) is 4.16. The highest BCUT2D eigenvalue weighted by Crippen LogP contribution is 2.45. The van der Waals surface area contributed by atoms with E-state index in [2.05, 4.69) is 0 Å². The monoisotopic (exact) mass is 281 g/mol. The number of aliphatic hydroxyl groups excluding tert-OH is 1. The number of hydrogen-bond acceptors (Lipinski definition) is 2. The van der Waals surface area contributed by atoms with Gasteiger partial charge in [-0.05, 0) is 44.4 Å². The molecule has 4 heteroatoms. The van der Waals surface area contributed by atoms with Crippen molar-refractivity contribution in [3.63, 3.8) is 0 Å². The number of rotatable bonds is 4. The van der Waals surface area contributed by atoms with Crippen molar-refractivity contribution in [2.24, 2.45) is 0 Å². The van der Waals surface area contributed by atoms with Crippen LogP contribution in [0.25, 0.3) is 0 Å². The standard InChI is InChI=1S/C15H20ClNO2/c1-3-17(4-2)14(19)15(9-13(18)10-15)11-6-5-7-12(16)8-11/h5-8,13,18H,3-4,9-10H2,1-2H3. The number of likely N-dealkylation sites (N-methyl/N-ethyl adjacent to an activating group) is 1. The molecule has 1 amide bonds. The number of halogens is 1. The molecular weight excluding hydrogens is 262 g/mol. The number of amides is 1. The van der Waals surface area contributed by atoms with Crippen LogP contribution in [0.1, 0.15) is 32.3 Å². The first-order chi connectivity index (χ1) is 9.03. The summed E-state index contributed by atoms with van der Waals surface area (Å²) in [5.41, 5.74) is 0.332. The van der Waals surface area contributed by atoms with Crippen molar-refractivity contribution in [1.82, 2.24) is 4.90 Å². The average molecular weight is 282 g/mol. The third-order valence-corrected chi connectivity index (χ3v) is 4.24. The van der Waals surface area contributed by atoms with Crippen molar-refractivity contribution < 1.29 is 9.90 Å². The second-order valence-corrected chi connectivity index (χ2v) is 5.57. The quantitative estimate of drug-likeness (QED) is 0.922. The molecule has 1 fully saturated rings. The predicted octanol–water partition coefficient (Wildman–Crippen LogP) is 2.60. The van der Waals surface area contributed by atoms with Crippen LogP contribution in [0, 0.1) is 0 Å². The van der Waals surface area contributed by atoms with Crippen LogP contribution in [-0.4, -0.2) is 35.1 Å². The molecule has 0 spiro atoms. The lowest BCUT2D eigenvalue weighted by atomic mass is 9.62. The molecule has 1 aliphatic carbocycles. The Balaban J connectivity index is 2.36. The van der Waals surface area contributed by atoms with Gasteiger partial charge in [0.05, 0.1) is 11.5 Å². The molecule has 19 heavy (non-hydrogen) atoms. The minimum absolute atomic E-state index is 0.102. The van der Waals surface area contributed by atoms with Crippen LogP contribution >= 0.6 is 11.6 Å². The maximum atomic E-state index is 12.7. The van der Waals surface area contributed by atoms with E-state index < -0.39 is 11.5 Å². The normalized spacial score (nSPS) is 25.8. The highest BCUT2D eigenvalue weighted by molar-refractivity contribution is 6.30. The largest absolute Gasteiger partial charge is 0.393 e. The molecule has 0 aliphatic heterocycles. The minimum atomic E-state index is -0.587. The molecule has 1 saturated carbocycles. The Hall–Kier alpha value is -1.06. The van der Waals surface area contributed by atoms with Crippen molar-refractivity contribution in [3.05, 3.63) is 34.9 Å². The second-order valence-electron chi connectivity index (χ2n) is 5.13. The Morgan fingerprint density at radius 3 is 2.53 bits per heavy atom. The molecule has 0 aromatic heterocycles. The number of aliphatic hydroxyl groups is 1.